The maximum Gasteiger partial charge on any atom is 0.110 e. The molecule has 3 heteroatoms. The van der Waals surface area contributed by atoms with Crippen LogP contribution in [0.5, 0.6) is 0 Å². The van der Waals surface area contributed by atoms with E-state index in [-0.39, 0.29) is 10.8 Å². The Morgan fingerprint density at radius 2 is 1.03 bits per heavy atom. The van der Waals surface area contributed by atoms with E-state index in [4.69, 9.17) is 0 Å². The lowest BCUT2D eigenvalue weighted by Gasteiger charge is -2.25. The first-order chi connectivity index (χ1) is 13.4. The van der Waals surface area contributed by atoms with Crippen molar-refractivity contribution in [2.24, 2.45) is 0 Å². The molecule has 2 nitrogen and oxygen atoms in total. The van der Waals surface area contributed by atoms with Crippen LogP contribution in [0.15, 0.2) is 24.3 Å². The van der Waals surface area contributed by atoms with E-state index < -0.39 is 0 Å². The molecule has 0 bridgehead atoms. The molecule has 0 fully saturated rings. The van der Waals surface area contributed by atoms with Gasteiger partial charge in [-0.25, -0.2) is 0 Å². The number of aryl methyl sites for hydroxylation is 2. The molecule has 2 aromatic carbocycles. The Hall–Kier alpha value is -1.29. The van der Waals surface area contributed by atoms with Crippen molar-refractivity contribution < 1.29 is 10.2 Å². The first kappa shape index (κ1) is 24.0. The minimum atomic E-state index is -0.0185. The van der Waals surface area contributed by atoms with Crippen molar-refractivity contribution in [1.29, 1.82) is 0 Å². The standard InChI is InChI=1S/C26H36O2S/c1-17-9-19(11-23(21(17)13-27)25(3,4)5)15-29-16-20-10-18(2)22(14-28)24(12-20)26(6,7)8/h9-14,27-28H,15-16H2,1-8H3. The van der Waals surface area contributed by atoms with Gasteiger partial charge in [0.15, 0.2) is 0 Å². The van der Waals surface area contributed by atoms with E-state index in [1.165, 1.54) is 35.5 Å². The van der Waals surface area contributed by atoms with E-state index in [1.54, 1.807) is 0 Å². The van der Waals surface area contributed by atoms with E-state index in [9.17, 15) is 10.2 Å². The highest BCUT2D eigenvalue weighted by Crippen LogP contribution is 2.33. The highest BCUT2D eigenvalue weighted by molar-refractivity contribution is 7.97. The lowest BCUT2D eigenvalue weighted by atomic mass is 9.81. The van der Waals surface area contributed by atoms with Gasteiger partial charge in [0.2, 0.25) is 0 Å². The molecule has 2 N–H and O–H groups in total. The van der Waals surface area contributed by atoms with Gasteiger partial charge in [-0.3, -0.25) is 0 Å². The van der Waals surface area contributed by atoms with Crippen LogP contribution in [0.1, 0.15) is 86.1 Å². The van der Waals surface area contributed by atoms with Crippen LogP contribution in [0.25, 0.3) is 0 Å². The smallest absolute Gasteiger partial charge is 0.110 e. The fourth-order valence-electron chi connectivity index (χ4n) is 3.78. The lowest BCUT2D eigenvalue weighted by Crippen LogP contribution is -2.16. The van der Waals surface area contributed by atoms with Gasteiger partial charge >= 0.3 is 0 Å². The highest BCUT2D eigenvalue weighted by atomic mass is 32.2. The molecular formula is C26H36O2S. The van der Waals surface area contributed by atoms with Gasteiger partial charge in [-0.05, 0) is 69.2 Å². The van der Waals surface area contributed by atoms with Gasteiger partial charge in [-0.2, -0.15) is 11.8 Å². The van der Waals surface area contributed by atoms with E-state index >= 15 is 0 Å². The van der Waals surface area contributed by atoms with Crippen LogP contribution >= 0.6 is 11.8 Å². The van der Waals surface area contributed by atoms with Gasteiger partial charge < -0.3 is 10.2 Å². The molecule has 2 aromatic rings. The monoisotopic (exact) mass is 412 g/mol. The van der Waals surface area contributed by atoms with E-state index in [1.807, 2.05) is 11.8 Å². The second-order valence-electron chi connectivity index (χ2n) is 10.00. The van der Waals surface area contributed by atoms with Crippen molar-refractivity contribution in [3.63, 3.8) is 0 Å². The zero-order valence-electron chi connectivity index (χ0n) is 19.2. The molecule has 0 unspecified atom stereocenters. The first-order valence-electron chi connectivity index (χ1n) is 10.2. The number of thioether (sulfide) groups is 1. The average molecular weight is 413 g/mol. The average Bonchev–Trinajstić information content (AvgIpc) is 2.59. The Bertz CT molecular complexity index is 783. The van der Waals surface area contributed by atoms with Crippen LogP contribution in [0.2, 0.25) is 0 Å². The van der Waals surface area contributed by atoms with Gasteiger partial charge in [0, 0.05) is 11.5 Å². The molecule has 0 aliphatic heterocycles. The number of hydrogen-bond acceptors (Lipinski definition) is 3. The first-order valence-corrected chi connectivity index (χ1v) is 11.3. The second kappa shape index (κ2) is 9.24. The molecule has 2 rings (SSSR count). The summed E-state index contributed by atoms with van der Waals surface area (Å²) in [6, 6.07) is 8.83. The Morgan fingerprint density at radius 3 is 1.31 bits per heavy atom. The second-order valence-corrected chi connectivity index (χ2v) is 11.0. The van der Waals surface area contributed by atoms with E-state index in [0.717, 1.165) is 33.8 Å². The summed E-state index contributed by atoms with van der Waals surface area (Å²) in [5, 5.41) is 19.4. The summed E-state index contributed by atoms with van der Waals surface area (Å²) in [7, 11) is 0. The molecular weight excluding hydrogens is 376 g/mol. The summed E-state index contributed by atoms with van der Waals surface area (Å²) in [6.45, 7) is 19.7. The van der Waals surface area contributed by atoms with Gasteiger partial charge in [-0.1, -0.05) is 65.8 Å². The molecule has 0 amide bonds. The van der Waals surface area contributed by atoms with Crippen LogP contribution in [0.4, 0.5) is 0 Å². The Labute approximate surface area is 181 Å². The van der Waals surface area contributed by atoms with Gasteiger partial charge in [0.1, 0.15) is 13.2 Å². The van der Waals surface area contributed by atoms with Crippen molar-refractivity contribution >= 4 is 11.8 Å². The fourth-order valence-corrected chi connectivity index (χ4v) is 4.69. The van der Waals surface area contributed by atoms with Crippen LogP contribution < -0.4 is 0 Å². The minimum Gasteiger partial charge on any atom is -0.385 e. The highest BCUT2D eigenvalue weighted by Gasteiger charge is 2.21. The largest absolute Gasteiger partial charge is 0.385 e. The van der Waals surface area contributed by atoms with E-state index in [0.29, 0.717) is 0 Å². The molecule has 0 aliphatic rings. The molecule has 0 saturated carbocycles. The summed E-state index contributed by atoms with van der Waals surface area (Å²) in [6.07, 6.45) is 0. The number of benzene rings is 2. The van der Waals surface area contributed by atoms with Crippen molar-refractivity contribution in [3.8, 4) is 0 Å². The predicted octanol–water partition coefficient (Wildman–Crippen LogP) is 7.10. The predicted molar refractivity (Wildman–Crippen MR) is 125 cm³/mol. The van der Waals surface area contributed by atoms with Gasteiger partial charge in [0.05, 0.1) is 0 Å². The third kappa shape index (κ3) is 5.87. The zero-order valence-corrected chi connectivity index (χ0v) is 20.0. The summed E-state index contributed by atoms with van der Waals surface area (Å²) in [4.78, 5) is 0. The number of rotatable bonds is 6. The number of aliphatic hydroxyl groups excluding tert-OH is 2. The third-order valence-electron chi connectivity index (χ3n) is 5.30. The minimum absolute atomic E-state index is 0.0185. The van der Waals surface area contributed by atoms with Crippen LogP contribution in [0, 0.1) is 27.1 Å². The molecule has 0 heterocycles. The van der Waals surface area contributed by atoms with E-state index in [2.05, 4.69) is 79.7 Å². The molecule has 0 saturated heterocycles. The molecule has 0 atom stereocenters. The number of hydrogen-bond donors (Lipinski definition) is 2. The molecule has 29 heavy (non-hydrogen) atoms. The SMILES string of the molecule is Cc1cc(CSCc2cc(C)c([CH]O)c(C(C)(C)C)c2)cc(C(C)(C)C)c1[CH]O. The fraction of sp³-hybridized carbons (Fsp3) is 0.462. The summed E-state index contributed by atoms with van der Waals surface area (Å²) < 4.78 is 0. The molecule has 2 radical (unpaired) electrons. The Balaban J connectivity index is 2.23. The molecule has 0 aromatic heterocycles. The van der Waals surface area contributed by atoms with Crippen molar-refractivity contribution in [1.82, 2.24) is 0 Å². The third-order valence-corrected chi connectivity index (χ3v) is 6.38. The Kier molecular flexibility index (Phi) is 7.64. The van der Waals surface area contributed by atoms with Crippen molar-refractivity contribution in [2.45, 2.75) is 77.7 Å². The van der Waals surface area contributed by atoms with Gasteiger partial charge in [0.25, 0.3) is 0 Å². The van der Waals surface area contributed by atoms with Crippen LogP contribution in [0.3, 0.4) is 0 Å². The van der Waals surface area contributed by atoms with Crippen LogP contribution in [-0.2, 0) is 22.3 Å². The summed E-state index contributed by atoms with van der Waals surface area (Å²) in [5.41, 5.74) is 9.01. The summed E-state index contributed by atoms with van der Waals surface area (Å²) in [5.74, 6) is 1.85. The Morgan fingerprint density at radius 1 is 0.690 bits per heavy atom. The van der Waals surface area contributed by atoms with Crippen molar-refractivity contribution in [2.75, 3.05) is 0 Å². The normalized spacial score (nSPS) is 12.5. The molecule has 0 spiro atoms. The maximum absolute atomic E-state index is 9.69. The van der Waals surface area contributed by atoms with Gasteiger partial charge in [-0.15, -0.1) is 0 Å². The van der Waals surface area contributed by atoms with Crippen molar-refractivity contribution in [3.05, 3.63) is 82.0 Å². The number of aliphatic hydroxyl groups is 2. The van der Waals surface area contributed by atoms with Crippen LogP contribution in [-0.4, -0.2) is 10.2 Å². The maximum atomic E-state index is 9.69. The quantitative estimate of drug-likeness (QED) is 0.532. The lowest BCUT2D eigenvalue weighted by molar-refractivity contribution is 0.409. The zero-order chi connectivity index (χ0) is 22.0. The summed E-state index contributed by atoms with van der Waals surface area (Å²) >= 11 is 1.90. The molecule has 0 aliphatic carbocycles. The topological polar surface area (TPSA) is 40.5 Å². The molecule has 158 valence electrons.